The molecule has 0 aromatic carbocycles. The van der Waals surface area contributed by atoms with Crippen molar-refractivity contribution in [3.8, 4) is 0 Å². The van der Waals surface area contributed by atoms with Gasteiger partial charge in [-0.05, 0) is 18.4 Å². The number of nitrogens with zero attached hydrogens (tertiary/aromatic N) is 2. The Hall–Kier alpha value is -1.38. The molecule has 0 bridgehead atoms. The Morgan fingerprint density at radius 1 is 1.48 bits per heavy atom. The van der Waals surface area contributed by atoms with Gasteiger partial charge in [0.25, 0.3) is 5.91 Å². The second-order valence-electron chi connectivity index (χ2n) is 4.53. The summed E-state index contributed by atoms with van der Waals surface area (Å²) in [6.07, 6.45) is 1.72. The van der Waals surface area contributed by atoms with E-state index in [0.29, 0.717) is 21.6 Å². The number of nitrogens with one attached hydrogen (secondary N) is 1. The zero-order valence-corrected chi connectivity index (χ0v) is 13.7. The lowest BCUT2D eigenvalue weighted by molar-refractivity contribution is -0.119. The molecule has 1 aliphatic rings. The second-order valence-corrected chi connectivity index (χ2v) is 7.72. The molecule has 110 valence electrons. The number of aryl methyl sites for hydroxylation is 1. The number of hydrogen-bond donors (Lipinski definition) is 1. The number of aromatic nitrogens is 1. The number of rotatable bonds is 3. The molecule has 3 rings (SSSR count). The molecule has 8 heteroatoms. The summed E-state index contributed by atoms with van der Waals surface area (Å²) < 4.78 is 0. The molecule has 1 fully saturated rings. The Bertz CT molecular complexity index is 653. The molecule has 2 aromatic rings. The fraction of sp³-hybridized carbons (Fsp3) is 0.308. The van der Waals surface area contributed by atoms with Crippen molar-refractivity contribution >= 4 is 51.4 Å². The van der Waals surface area contributed by atoms with Crippen LogP contribution in [-0.2, 0) is 4.79 Å². The van der Waals surface area contributed by atoms with Crippen LogP contribution in [0.3, 0.4) is 0 Å². The van der Waals surface area contributed by atoms with Crippen LogP contribution in [-0.4, -0.2) is 39.4 Å². The largest absolute Gasteiger partial charge is 0.316 e. The first kappa shape index (κ1) is 14.6. The molecule has 0 aliphatic carbocycles. The summed E-state index contributed by atoms with van der Waals surface area (Å²) in [7, 11) is 0. The van der Waals surface area contributed by atoms with Gasteiger partial charge in [-0.25, -0.2) is 4.98 Å². The summed E-state index contributed by atoms with van der Waals surface area (Å²) in [5.74, 6) is 0.920. The van der Waals surface area contributed by atoms with E-state index in [1.165, 1.54) is 22.7 Å². The van der Waals surface area contributed by atoms with Gasteiger partial charge in [-0.1, -0.05) is 6.07 Å². The van der Waals surface area contributed by atoms with E-state index in [9.17, 15) is 9.59 Å². The molecular weight excluding hydrogens is 326 g/mol. The van der Waals surface area contributed by atoms with Gasteiger partial charge in [0.05, 0.1) is 10.8 Å². The minimum atomic E-state index is -0.436. The molecule has 2 aromatic heterocycles. The average Bonchev–Trinajstić information content (AvgIpc) is 3.19. The molecule has 2 amide bonds. The third-order valence-corrected chi connectivity index (χ3v) is 5.73. The van der Waals surface area contributed by atoms with Crippen molar-refractivity contribution in [3.63, 3.8) is 0 Å². The Morgan fingerprint density at radius 2 is 2.33 bits per heavy atom. The van der Waals surface area contributed by atoms with E-state index in [2.05, 4.69) is 10.3 Å². The molecule has 0 unspecified atom stereocenters. The topological polar surface area (TPSA) is 62.3 Å². The fourth-order valence-electron chi connectivity index (χ4n) is 2.00. The minimum Gasteiger partial charge on any atom is -0.316 e. The third-order valence-electron chi connectivity index (χ3n) is 3.03. The summed E-state index contributed by atoms with van der Waals surface area (Å²) in [5, 5.41) is 5.25. The molecule has 21 heavy (non-hydrogen) atoms. The Morgan fingerprint density at radius 3 is 3.00 bits per heavy atom. The summed E-state index contributed by atoms with van der Waals surface area (Å²) in [6, 6.07) is 3.19. The van der Waals surface area contributed by atoms with E-state index >= 15 is 0 Å². The van der Waals surface area contributed by atoms with Crippen molar-refractivity contribution in [1.29, 1.82) is 0 Å². The van der Waals surface area contributed by atoms with Gasteiger partial charge in [0.15, 0.2) is 5.13 Å². The molecular formula is C13H13N3O2S3. The van der Waals surface area contributed by atoms with Gasteiger partial charge in [-0.3, -0.25) is 9.59 Å². The average molecular weight is 339 g/mol. The molecule has 1 saturated heterocycles. The van der Waals surface area contributed by atoms with Gasteiger partial charge in [0, 0.05) is 16.8 Å². The molecule has 1 aliphatic heterocycles. The lowest BCUT2D eigenvalue weighted by Crippen LogP contribution is -2.44. The van der Waals surface area contributed by atoms with Gasteiger partial charge >= 0.3 is 0 Å². The Balaban J connectivity index is 1.71. The van der Waals surface area contributed by atoms with E-state index in [0.717, 1.165) is 4.88 Å². The minimum absolute atomic E-state index is 0.0783. The smallest absolute Gasteiger partial charge is 0.265 e. The number of thioether (sulfide) groups is 1. The fourth-order valence-corrected chi connectivity index (χ4v) is 4.50. The van der Waals surface area contributed by atoms with Crippen LogP contribution in [0.15, 0.2) is 23.7 Å². The SMILES string of the molecule is Cc1cnc(NC(=O)[C@H]2CSCN2C(=O)c2cccs2)s1. The molecule has 0 spiro atoms. The van der Waals surface area contributed by atoms with Gasteiger partial charge in [-0.15, -0.1) is 34.4 Å². The molecule has 0 radical (unpaired) electrons. The van der Waals surface area contributed by atoms with E-state index in [-0.39, 0.29) is 11.8 Å². The summed E-state index contributed by atoms with van der Waals surface area (Å²) >= 11 is 4.42. The number of anilines is 1. The van der Waals surface area contributed by atoms with Crippen molar-refractivity contribution in [2.45, 2.75) is 13.0 Å². The van der Waals surface area contributed by atoms with Crippen LogP contribution < -0.4 is 5.32 Å². The van der Waals surface area contributed by atoms with Crippen molar-refractivity contribution in [3.05, 3.63) is 33.5 Å². The van der Waals surface area contributed by atoms with Gasteiger partial charge in [-0.2, -0.15) is 0 Å². The van der Waals surface area contributed by atoms with Crippen LogP contribution in [0.1, 0.15) is 14.5 Å². The van der Waals surface area contributed by atoms with Gasteiger partial charge in [0.2, 0.25) is 5.91 Å². The number of hydrogen-bond acceptors (Lipinski definition) is 6. The van der Waals surface area contributed by atoms with Crippen LogP contribution in [0.2, 0.25) is 0 Å². The summed E-state index contributed by atoms with van der Waals surface area (Å²) in [5.41, 5.74) is 0. The quantitative estimate of drug-likeness (QED) is 0.934. The molecule has 3 heterocycles. The monoisotopic (exact) mass is 339 g/mol. The van der Waals surface area contributed by atoms with Gasteiger partial charge < -0.3 is 10.2 Å². The van der Waals surface area contributed by atoms with E-state index < -0.39 is 6.04 Å². The van der Waals surface area contributed by atoms with E-state index in [1.54, 1.807) is 28.9 Å². The lowest BCUT2D eigenvalue weighted by atomic mass is 10.2. The van der Waals surface area contributed by atoms with Crippen molar-refractivity contribution in [2.24, 2.45) is 0 Å². The van der Waals surface area contributed by atoms with Crippen molar-refractivity contribution in [2.75, 3.05) is 16.9 Å². The van der Waals surface area contributed by atoms with Gasteiger partial charge in [0.1, 0.15) is 6.04 Å². The van der Waals surface area contributed by atoms with Crippen LogP contribution >= 0.6 is 34.4 Å². The maximum Gasteiger partial charge on any atom is 0.265 e. The van der Waals surface area contributed by atoms with Crippen LogP contribution in [0.4, 0.5) is 5.13 Å². The van der Waals surface area contributed by atoms with Crippen LogP contribution in [0, 0.1) is 6.92 Å². The molecule has 1 N–H and O–H groups in total. The van der Waals surface area contributed by atoms with Crippen LogP contribution in [0.25, 0.3) is 0 Å². The van der Waals surface area contributed by atoms with E-state index in [1.807, 2.05) is 18.4 Å². The predicted octanol–water partition coefficient (Wildman–Crippen LogP) is 2.67. The molecule has 1 atom stereocenters. The van der Waals surface area contributed by atoms with Crippen molar-refractivity contribution in [1.82, 2.24) is 9.88 Å². The predicted molar refractivity (Wildman–Crippen MR) is 87.1 cm³/mol. The highest BCUT2D eigenvalue weighted by atomic mass is 32.2. The van der Waals surface area contributed by atoms with E-state index in [4.69, 9.17) is 0 Å². The van der Waals surface area contributed by atoms with Crippen molar-refractivity contribution < 1.29 is 9.59 Å². The highest BCUT2D eigenvalue weighted by Gasteiger charge is 2.35. The highest BCUT2D eigenvalue weighted by molar-refractivity contribution is 7.99. The summed E-state index contributed by atoms with van der Waals surface area (Å²) in [4.78, 5) is 32.2. The Kier molecular flexibility index (Phi) is 4.27. The third kappa shape index (κ3) is 3.12. The maximum atomic E-state index is 12.4. The number of thiophene rings is 1. The number of carbonyl (C=O) groups is 2. The first-order valence-electron chi connectivity index (χ1n) is 6.30. The molecule has 0 saturated carbocycles. The van der Waals surface area contributed by atoms with Crippen LogP contribution in [0.5, 0.6) is 0 Å². The zero-order chi connectivity index (χ0) is 14.8. The number of amides is 2. The number of thiazole rings is 1. The first-order valence-corrected chi connectivity index (χ1v) is 9.16. The maximum absolute atomic E-state index is 12.4. The zero-order valence-electron chi connectivity index (χ0n) is 11.2. The summed E-state index contributed by atoms with van der Waals surface area (Å²) in [6.45, 7) is 1.94. The molecule has 5 nitrogen and oxygen atoms in total. The highest BCUT2D eigenvalue weighted by Crippen LogP contribution is 2.26. The standard InChI is InChI=1S/C13H13N3O2S3/c1-8-5-14-13(21-8)15-11(17)9-6-19-7-16(9)12(18)10-3-2-4-20-10/h2-5,9H,6-7H2,1H3,(H,14,15,17)/t9-/m1/s1. The lowest BCUT2D eigenvalue weighted by Gasteiger charge is -2.21. The Labute approximate surface area is 134 Å². The first-order chi connectivity index (χ1) is 10.1. The number of carbonyl (C=O) groups excluding carboxylic acids is 2. The normalized spacial score (nSPS) is 18.0. The second kappa shape index (κ2) is 6.17.